The van der Waals surface area contributed by atoms with Crippen LogP contribution in [0.15, 0.2) is 0 Å². The summed E-state index contributed by atoms with van der Waals surface area (Å²) in [7, 11) is 1.45. The zero-order chi connectivity index (χ0) is 15.5. The lowest BCUT2D eigenvalue weighted by molar-refractivity contribution is -0.139. The van der Waals surface area contributed by atoms with Crippen molar-refractivity contribution in [2.45, 2.75) is 25.0 Å². The highest BCUT2D eigenvalue weighted by Gasteiger charge is 2.15. The van der Waals surface area contributed by atoms with Gasteiger partial charge in [-0.05, 0) is 6.42 Å². The van der Waals surface area contributed by atoms with Gasteiger partial charge in [-0.3, -0.25) is 15.0 Å². The largest absolute Gasteiger partial charge is 0.480 e. The molecule has 0 bridgehead atoms. The minimum absolute atomic E-state index is 0.0118. The molecule has 0 saturated carbocycles. The summed E-state index contributed by atoms with van der Waals surface area (Å²) < 4.78 is 0. The van der Waals surface area contributed by atoms with E-state index in [0.717, 1.165) is 5.01 Å². The van der Waals surface area contributed by atoms with E-state index < -0.39 is 18.1 Å². The van der Waals surface area contributed by atoms with Crippen LogP contribution in [-0.4, -0.2) is 72.5 Å². The molecule has 0 aromatic heterocycles. The van der Waals surface area contributed by atoms with Crippen molar-refractivity contribution in [2.24, 2.45) is 11.5 Å². The Morgan fingerprint density at radius 3 is 2.60 bits per heavy atom. The maximum atomic E-state index is 11.5. The molecule has 0 aliphatic heterocycles. The second-order valence-electron chi connectivity index (χ2n) is 4.63. The number of amides is 1. The third-order valence-corrected chi connectivity index (χ3v) is 2.41. The molecule has 0 aliphatic rings. The molecule has 118 valence electrons. The van der Waals surface area contributed by atoms with E-state index in [-0.39, 0.29) is 25.3 Å². The van der Waals surface area contributed by atoms with Crippen molar-refractivity contribution in [1.82, 2.24) is 15.8 Å². The highest BCUT2D eigenvalue weighted by molar-refractivity contribution is 5.76. The van der Waals surface area contributed by atoms with E-state index >= 15 is 0 Å². The number of likely N-dealkylation sites (N-methyl/N-ethyl adjacent to an activating group) is 1. The predicted octanol–water partition coefficient (Wildman–Crippen LogP) is -2.95. The number of nitrogens with one attached hydrogen (secondary N) is 2. The van der Waals surface area contributed by atoms with Gasteiger partial charge in [-0.15, -0.1) is 0 Å². The molecule has 0 unspecified atom stereocenters. The quantitative estimate of drug-likeness (QED) is 0.174. The number of carboxylic acids is 1. The molecule has 0 radical (unpaired) electrons. The first-order valence-corrected chi connectivity index (χ1v) is 6.42. The Morgan fingerprint density at radius 1 is 1.40 bits per heavy atom. The average molecular weight is 291 g/mol. The molecule has 1 amide bonds. The normalized spacial score (nSPS) is 14.1. The van der Waals surface area contributed by atoms with Crippen molar-refractivity contribution in [1.29, 1.82) is 0 Å². The molecular formula is C11H25N5O4. The summed E-state index contributed by atoms with van der Waals surface area (Å²) in [6.45, 7) is 1.15. The maximum Gasteiger partial charge on any atom is 0.319 e. The standard InChI is InChI=1S/C11H25N5O4/c1-16(7-11(19)20)15-10(18)5-8(13)4-9(17)6-14-3-2-12/h8-9,14,17H,2-7,12-13H2,1H3,(H,15,18)(H,19,20)/t8-,9-/m1/s1. The Bertz CT molecular complexity index is 303. The van der Waals surface area contributed by atoms with Crippen LogP contribution in [-0.2, 0) is 9.59 Å². The molecule has 0 aromatic rings. The number of hydrogen-bond donors (Lipinski definition) is 6. The Hall–Kier alpha value is -1.26. The van der Waals surface area contributed by atoms with E-state index in [0.29, 0.717) is 19.6 Å². The highest BCUT2D eigenvalue weighted by Crippen LogP contribution is 2.00. The number of aliphatic carboxylic acids is 1. The number of aliphatic hydroxyl groups is 1. The van der Waals surface area contributed by atoms with E-state index in [9.17, 15) is 14.7 Å². The van der Waals surface area contributed by atoms with Gasteiger partial charge in [-0.25, -0.2) is 5.01 Å². The van der Waals surface area contributed by atoms with E-state index in [2.05, 4.69) is 10.7 Å². The van der Waals surface area contributed by atoms with E-state index in [1.165, 1.54) is 7.05 Å². The highest BCUT2D eigenvalue weighted by atomic mass is 16.4. The average Bonchev–Trinajstić information content (AvgIpc) is 2.26. The molecular weight excluding hydrogens is 266 g/mol. The monoisotopic (exact) mass is 291 g/mol. The van der Waals surface area contributed by atoms with Crippen molar-refractivity contribution in [3.63, 3.8) is 0 Å². The van der Waals surface area contributed by atoms with Crippen LogP contribution in [0.3, 0.4) is 0 Å². The summed E-state index contributed by atoms with van der Waals surface area (Å²) in [6.07, 6.45) is -0.368. The first kappa shape index (κ1) is 18.7. The fraction of sp³-hybridized carbons (Fsp3) is 0.818. The third-order valence-electron chi connectivity index (χ3n) is 2.41. The van der Waals surface area contributed by atoms with Crippen LogP contribution in [0.2, 0.25) is 0 Å². The number of aliphatic hydroxyl groups excluding tert-OH is 1. The Labute approximate surface area is 118 Å². The van der Waals surface area contributed by atoms with Crippen molar-refractivity contribution in [3.05, 3.63) is 0 Å². The molecule has 0 aliphatic carbocycles. The Kier molecular flexibility index (Phi) is 9.86. The van der Waals surface area contributed by atoms with Crippen LogP contribution in [0.25, 0.3) is 0 Å². The predicted molar refractivity (Wildman–Crippen MR) is 73.5 cm³/mol. The number of carbonyl (C=O) groups is 2. The van der Waals surface area contributed by atoms with E-state index in [4.69, 9.17) is 16.6 Å². The van der Waals surface area contributed by atoms with Crippen LogP contribution in [0.5, 0.6) is 0 Å². The zero-order valence-electron chi connectivity index (χ0n) is 11.7. The number of hydrogen-bond acceptors (Lipinski definition) is 7. The first-order valence-electron chi connectivity index (χ1n) is 6.42. The summed E-state index contributed by atoms with van der Waals surface area (Å²) >= 11 is 0. The van der Waals surface area contributed by atoms with Gasteiger partial charge in [0.1, 0.15) is 6.54 Å². The SMILES string of the molecule is CN(CC(=O)O)NC(=O)C[C@H](N)C[C@@H](O)CNCCN. The lowest BCUT2D eigenvalue weighted by Crippen LogP contribution is -2.44. The maximum absolute atomic E-state index is 11.5. The van der Waals surface area contributed by atoms with Crippen molar-refractivity contribution in [2.75, 3.05) is 33.2 Å². The van der Waals surface area contributed by atoms with Crippen LogP contribution < -0.4 is 22.2 Å². The summed E-state index contributed by atoms with van der Waals surface area (Å²) in [5, 5.41) is 22.3. The summed E-state index contributed by atoms with van der Waals surface area (Å²) in [5.41, 5.74) is 13.4. The minimum Gasteiger partial charge on any atom is -0.480 e. The van der Waals surface area contributed by atoms with Gasteiger partial charge in [0.2, 0.25) is 5.91 Å². The Balaban J connectivity index is 3.86. The number of carbonyl (C=O) groups excluding carboxylic acids is 1. The van der Waals surface area contributed by atoms with Gasteiger partial charge in [0.15, 0.2) is 0 Å². The smallest absolute Gasteiger partial charge is 0.319 e. The number of rotatable bonds is 11. The van der Waals surface area contributed by atoms with Crippen molar-refractivity contribution >= 4 is 11.9 Å². The van der Waals surface area contributed by atoms with Gasteiger partial charge < -0.3 is 27.0 Å². The lowest BCUT2D eigenvalue weighted by atomic mass is 10.1. The fourth-order valence-electron chi connectivity index (χ4n) is 1.63. The molecule has 0 spiro atoms. The Morgan fingerprint density at radius 2 is 2.05 bits per heavy atom. The molecule has 20 heavy (non-hydrogen) atoms. The van der Waals surface area contributed by atoms with Crippen LogP contribution in [0.1, 0.15) is 12.8 Å². The van der Waals surface area contributed by atoms with Gasteiger partial charge in [-0.2, -0.15) is 0 Å². The van der Waals surface area contributed by atoms with Gasteiger partial charge in [0, 0.05) is 39.1 Å². The van der Waals surface area contributed by atoms with Crippen LogP contribution in [0, 0.1) is 0 Å². The van der Waals surface area contributed by atoms with Crippen molar-refractivity contribution < 1.29 is 19.8 Å². The third kappa shape index (κ3) is 10.6. The van der Waals surface area contributed by atoms with Crippen LogP contribution >= 0.6 is 0 Å². The van der Waals surface area contributed by atoms with Gasteiger partial charge >= 0.3 is 5.97 Å². The molecule has 0 saturated heterocycles. The second-order valence-corrected chi connectivity index (χ2v) is 4.63. The molecule has 9 nitrogen and oxygen atoms in total. The summed E-state index contributed by atoms with van der Waals surface area (Å²) in [4.78, 5) is 22.0. The molecule has 0 fully saturated rings. The first-order chi connectivity index (χ1) is 9.35. The van der Waals surface area contributed by atoms with E-state index in [1.807, 2.05) is 0 Å². The number of nitrogens with two attached hydrogens (primary N) is 2. The van der Waals surface area contributed by atoms with Crippen molar-refractivity contribution in [3.8, 4) is 0 Å². The molecule has 9 heteroatoms. The number of hydrazine groups is 1. The van der Waals surface area contributed by atoms with Gasteiger partial charge in [0.05, 0.1) is 6.10 Å². The molecule has 0 heterocycles. The minimum atomic E-state index is -1.04. The molecule has 8 N–H and O–H groups in total. The summed E-state index contributed by atoms with van der Waals surface area (Å²) in [5.74, 6) is -1.43. The second kappa shape index (κ2) is 10.5. The molecule has 0 aromatic carbocycles. The van der Waals surface area contributed by atoms with Gasteiger partial charge in [0.25, 0.3) is 0 Å². The van der Waals surface area contributed by atoms with Crippen LogP contribution in [0.4, 0.5) is 0 Å². The summed E-state index contributed by atoms with van der Waals surface area (Å²) in [6, 6.07) is -0.497. The number of carboxylic acid groups (broad SMARTS) is 1. The molecule has 2 atom stereocenters. The topological polar surface area (TPSA) is 154 Å². The number of nitrogens with zero attached hydrogens (tertiary/aromatic N) is 1. The fourth-order valence-corrected chi connectivity index (χ4v) is 1.63. The molecule has 0 rings (SSSR count). The lowest BCUT2D eigenvalue weighted by Gasteiger charge is -2.19. The van der Waals surface area contributed by atoms with E-state index in [1.54, 1.807) is 0 Å². The van der Waals surface area contributed by atoms with Gasteiger partial charge in [-0.1, -0.05) is 0 Å². The zero-order valence-corrected chi connectivity index (χ0v) is 11.7.